The molecule has 1 aliphatic carbocycles. The molecule has 0 spiro atoms. The Morgan fingerprint density at radius 2 is 1.55 bits per heavy atom. The number of imidazole rings is 1. The largest absolute Gasteiger partial charge is 0.342 e. The van der Waals surface area contributed by atoms with Crippen LogP contribution >= 0.6 is 0 Å². The molecule has 3 heterocycles. The van der Waals surface area contributed by atoms with Gasteiger partial charge in [-0.25, -0.2) is 4.98 Å². The molecule has 7 nitrogen and oxygen atoms in total. The van der Waals surface area contributed by atoms with Crippen LogP contribution in [0.1, 0.15) is 51.9 Å². The summed E-state index contributed by atoms with van der Waals surface area (Å²) in [7, 11) is 0. The number of carbonyl (C=O) groups excluding carboxylic acids is 2. The molecule has 1 aromatic carbocycles. The number of aromatic nitrogens is 2. The highest BCUT2D eigenvalue weighted by atomic mass is 16.2. The monoisotopic (exact) mass is 451 g/mol. The molecule has 3 aliphatic rings. The van der Waals surface area contributed by atoms with Crippen LogP contribution in [0.5, 0.6) is 0 Å². The van der Waals surface area contributed by atoms with Crippen molar-refractivity contribution in [2.24, 2.45) is 11.8 Å². The van der Waals surface area contributed by atoms with Crippen molar-refractivity contribution in [2.45, 2.75) is 58.4 Å². The lowest BCUT2D eigenvalue weighted by atomic mass is 9.89. The maximum absolute atomic E-state index is 13.1. The summed E-state index contributed by atoms with van der Waals surface area (Å²) in [5.74, 6) is 2.28. The van der Waals surface area contributed by atoms with Gasteiger partial charge in [0, 0.05) is 58.7 Å². The summed E-state index contributed by atoms with van der Waals surface area (Å²) in [4.78, 5) is 36.0. The number of hydrogen-bond donors (Lipinski definition) is 0. The molecule has 0 bridgehead atoms. The van der Waals surface area contributed by atoms with Gasteiger partial charge in [0.05, 0.1) is 11.0 Å². The number of rotatable bonds is 4. The Kier molecular flexibility index (Phi) is 6.56. The van der Waals surface area contributed by atoms with E-state index in [9.17, 15) is 9.59 Å². The first-order chi connectivity index (χ1) is 16.1. The highest BCUT2D eigenvalue weighted by Gasteiger charge is 2.32. The van der Waals surface area contributed by atoms with Crippen LogP contribution in [-0.4, -0.2) is 70.4 Å². The van der Waals surface area contributed by atoms with Crippen molar-refractivity contribution in [3.63, 3.8) is 0 Å². The molecule has 2 aromatic rings. The first kappa shape index (κ1) is 22.2. The SMILES string of the molecule is CC(=O)N1CCN(C(=O)C2CCN(c3nc4ccccc4n3CC3CCCCC3)CC2)CC1. The molecule has 0 atom stereocenters. The third-order valence-corrected chi connectivity index (χ3v) is 7.96. The summed E-state index contributed by atoms with van der Waals surface area (Å²) in [6, 6.07) is 8.50. The second kappa shape index (κ2) is 9.74. The molecule has 178 valence electrons. The van der Waals surface area contributed by atoms with Gasteiger partial charge in [-0.05, 0) is 43.7 Å². The molecule has 0 N–H and O–H groups in total. The third-order valence-electron chi connectivity index (χ3n) is 7.96. The summed E-state index contributed by atoms with van der Waals surface area (Å²) in [5, 5.41) is 0. The van der Waals surface area contributed by atoms with E-state index >= 15 is 0 Å². The maximum Gasteiger partial charge on any atom is 0.225 e. The Morgan fingerprint density at radius 3 is 2.24 bits per heavy atom. The second-order valence-corrected chi connectivity index (χ2v) is 10.1. The van der Waals surface area contributed by atoms with Crippen molar-refractivity contribution in [3.8, 4) is 0 Å². The van der Waals surface area contributed by atoms with Crippen LogP contribution in [0.4, 0.5) is 5.95 Å². The van der Waals surface area contributed by atoms with E-state index in [0.717, 1.165) is 49.9 Å². The van der Waals surface area contributed by atoms with E-state index in [2.05, 4.69) is 33.7 Å². The molecule has 2 aliphatic heterocycles. The number of anilines is 1. The van der Waals surface area contributed by atoms with Crippen molar-refractivity contribution in [3.05, 3.63) is 24.3 Å². The molecular formula is C26H37N5O2. The quantitative estimate of drug-likeness (QED) is 0.714. The number of fused-ring (bicyclic) bond motifs is 1. The molecule has 33 heavy (non-hydrogen) atoms. The number of amides is 2. The van der Waals surface area contributed by atoms with Gasteiger partial charge in [-0.15, -0.1) is 0 Å². The summed E-state index contributed by atoms with van der Waals surface area (Å²) in [6.07, 6.45) is 8.45. The number of piperidine rings is 1. The van der Waals surface area contributed by atoms with Gasteiger partial charge in [-0.3, -0.25) is 9.59 Å². The van der Waals surface area contributed by atoms with Crippen molar-refractivity contribution < 1.29 is 9.59 Å². The predicted octanol–water partition coefficient (Wildman–Crippen LogP) is 3.52. The topological polar surface area (TPSA) is 61.7 Å². The lowest BCUT2D eigenvalue weighted by Crippen LogP contribution is -2.52. The number of benzene rings is 1. The van der Waals surface area contributed by atoms with Gasteiger partial charge in [-0.2, -0.15) is 0 Å². The minimum Gasteiger partial charge on any atom is -0.342 e. The standard InChI is InChI=1S/C26H37N5O2/c1-20(32)28-15-17-29(18-16-28)25(33)22-11-13-30(14-12-22)26-27-23-9-5-6-10-24(23)31(26)19-21-7-3-2-4-8-21/h5-6,9-10,21-22H,2-4,7-8,11-19H2,1H3. The minimum absolute atomic E-state index is 0.0845. The van der Waals surface area contributed by atoms with Crippen LogP contribution in [-0.2, 0) is 16.1 Å². The minimum atomic E-state index is 0.0845. The maximum atomic E-state index is 13.1. The van der Waals surface area contributed by atoms with Gasteiger partial charge in [0.2, 0.25) is 17.8 Å². The smallest absolute Gasteiger partial charge is 0.225 e. The Bertz CT molecular complexity index is 980. The van der Waals surface area contributed by atoms with Crippen molar-refractivity contribution in [2.75, 3.05) is 44.2 Å². The fraction of sp³-hybridized carbons (Fsp3) is 0.654. The van der Waals surface area contributed by atoms with Crippen molar-refractivity contribution >= 4 is 28.8 Å². The number of para-hydroxylation sites is 2. The van der Waals surface area contributed by atoms with Crippen LogP contribution < -0.4 is 4.90 Å². The molecule has 2 saturated heterocycles. The highest BCUT2D eigenvalue weighted by molar-refractivity contribution is 5.81. The fourth-order valence-electron chi connectivity index (χ4n) is 5.94. The Labute approximate surface area is 196 Å². The van der Waals surface area contributed by atoms with E-state index in [4.69, 9.17) is 4.98 Å². The van der Waals surface area contributed by atoms with Gasteiger partial charge < -0.3 is 19.3 Å². The molecule has 1 aromatic heterocycles. The van der Waals surface area contributed by atoms with Gasteiger partial charge in [0.15, 0.2) is 0 Å². The van der Waals surface area contributed by atoms with E-state index in [-0.39, 0.29) is 17.7 Å². The fourth-order valence-corrected chi connectivity index (χ4v) is 5.94. The average Bonchev–Trinajstić information content (AvgIpc) is 3.23. The Morgan fingerprint density at radius 1 is 0.879 bits per heavy atom. The van der Waals surface area contributed by atoms with Crippen LogP contribution in [0.3, 0.4) is 0 Å². The lowest BCUT2D eigenvalue weighted by molar-refractivity contribution is -0.141. The van der Waals surface area contributed by atoms with Gasteiger partial charge in [0.1, 0.15) is 0 Å². The van der Waals surface area contributed by atoms with Gasteiger partial charge in [0.25, 0.3) is 0 Å². The van der Waals surface area contributed by atoms with E-state index in [1.54, 1.807) is 6.92 Å². The molecule has 2 amide bonds. The molecule has 5 rings (SSSR count). The first-order valence-corrected chi connectivity index (χ1v) is 12.8. The summed E-state index contributed by atoms with van der Waals surface area (Å²) < 4.78 is 2.45. The predicted molar refractivity (Wildman–Crippen MR) is 130 cm³/mol. The number of piperazine rings is 1. The lowest BCUT2D eigenvalue weighted by Gasteiger charge is -2.38. The third kappa shape index (κ3) is 4.73. The van der Waals surface area contributed by atoms with Crippen molar-refractivity contribution in [1.29, 1.82) is 0 Å². The molecule has 7 heteroatoms. The second-order valence-electron chi connectivity index (χ2n) is 10.1. The van der Waals surface area contributed by atoms with Crippen LogP contribution in [0.25, 0.3) is 11.0 Å². The van der Waals surface area contributed by atoms with Crippen molar-refractivity contribution in [1.82, 2.24) is 19.4 Å². The zero-order valence-corrected chi connectivity index (χ0v) is 19.9. The molecular weight excluding hydrogens is 414 g/mol. The number of hydrogen-bond acceptors (Lipinski definition) is 4. The van der Waals surface area contributed by atoms with Crippen LogP contribution in [0.15, 0.2) is 24.3 Å². The molecule has 3 fully saturated rings. The Balaban J connectivity index is 1.25. The summed E-state index contributed by atoms with van der Waals surface area (Å²) >= 11 is 0. The van der Waals surface area contributed by atoms with E-state index in [0.29, 0.717) is 26.2 Å². The normalized spacial score (nSPS) is 21.1. The summed E-state index contributed by atoms with van der Waals surface area (Å²) in [6.45, 7) is 7.04. The number of nitrogens with zero attached hydrogens (tertiary/aromatic N) is 5. The van der Waals surface area contributed by atoms with Gasteiger partial charge in [-0.1, -0.05) is 31.4 Å². The molecule has 0 radical (unpaired) electrons. The first-order valence-electron chi connectivity index (χ1n) is 12.8. The molecule has 1 saturated carbocycles. The van der Waals surface area contributed by atoms with Crippen LogP contribution in [0, 0.1) is 11.8 Å². The summed E-state index contributed by atoms with van der Waals surface area (Å²) in [5.41, 5.74) is 2.31. The van der Waals surface area contributed by atoms with E-state index < -0.39 is 0 Å². The highest BCUT2D eigenvalue weighted by Crippen LogP contribution is 2.32. The van der Waals surface area contributed by atoms with Crippen LogP contribution in [0.2, 0.25) is 0 Å². The van der Waals surface area contributed by atoms with E-state index in [1.807, 2.05) is 9.80 Å². The van der Waals surface area contributed by atoms with E-state index in [1.165, 1.54) is 37.6 Å². The zero-order valence-electron chi connectivity index (χ0n) is 19.9. The zero-order chi connectivity index (χ0) is 22.8. The Hall–Kier alpha value is -2.57. The number of carbonyl (C=O) groups is 2. The molecule has 0 unspecified atom stereocenters. The average molecular weight is 452 g/mol. The van der Waals surface area contributed by atoms with Gasteiger partial charge >= 0.3 is 0 Å².